The molecule has 0 saturated carbocycles. The van der Waals surface area contributed by atoms with Crippen molar-refractivity contribution >= 4 is 10.9 Å². The summed E-state index contributed by atoms with van der Waals surface area (Å²) in [6.45, 7) is 4.25. The van der Waals surface area contributed by atoms with E-state index in [1.165, 1.54) is 6.42 Å². The van der Waals surface area contributed by atoms with Crippen molar-refractivity contribution in [3.63, 3.8) is 0 Å². The van der Waals surface area contributed by atoms with Gasteiger partial charge < -0.3 is 0 Å². The third kappa shape index (κ3) is 2.09. The zero-order valence-corrected chi connectivity index (χ0v) is 7.54. The fourth-order valence-electron chi connectivity index (χ4n) is 0.883. The van der Waals surface area contributed by atoms with Crippen molar-refractivity contribution < 1.29 is 1.43 Å². The number of hydrogen-bond acceptors (Lipinski definition) is 1. The maximum atomic E-state index is 3.88. The molecule has 0 fully saturated rings. The summed E-state index contributed by atoms with van der Waals surface area (Å²) in [7, 11) is 0. The Morgan fingerprint density at radius 2 is 2.00 bits per heavy atom. The second-order valence-electron chi connectivity index (χ2n) is 2.66. The van der Waals surface area contributed by atoms with Crippen molar-refractivity contribution in [2.75, 3.05) is 0 Å². The van der Waals surface area contributed by atoms with E-state index in [1.54, 1.807) is 0 Å². The summed E-state index contributed by atoms with van der Waals surface area (Å²) in [5, 5.41) is 7.91. The van der Waals surface area contributed by atoms with E-state index in [4.69, 9.17) is 0 Å². The first-order valence-corrected chi connectivity index (χ1v) is 4.26. The van der Waals surface area contributed by atoms with Crippen LogP contribution in [0, 0.1) is 0 Å². The van der Waals surface area contributed by atoms with Crippen LogP contribution in [0.1, 0.15) is 21.7 Å². The topological polar surface area (TPSA) is 28.7 Å². The Morgan fingerprint density at radius 1 is 1.33 bits per heavy atom. The average Bonchev–Trinajstić information content (AvgIpc) is 2.52. The highest BCUT2D eigenvalue weighted by atomic mass is 15.1. The summed E-state index contributed by atoms with van der Waals surface area (Å²) in [6, 6.07) is 8.01. The largest absolute Gasteiger partial charge is 0.278 e. The Hall–Kier alpha value is -1.31. The molecule has 12 heavy (non-hydrogen) atoms. The molecule has 1 aromatic heterocycles. The van der Waals surface area contributed by atoms with Gasteiger partial charge in [-0.2, -0.15) is 5.10 Å². The number of benzene rings is 1. The van der Waals surface area contributed by atoms with Gasteiger partial charge in [0.1, 0.15) is 0 Å². The van der Waals surface area contributed by atoms with E-state index in [-0.39, 0.29) is 1.43 Å². The van der Waals surface area contributed by atoms with Crippen LogP contribution in [-0.4, -0.2) is 10.2 Å². The molecule has 1 aromatic carbocycles. The van der Waals surface area contributed by atoms with Gasteiger partial charge in [-0.05, 0) is 6.07 Å². The number of fused-ring (bicyclic) bond motifs is 1. The van der Waals surface area contributed by atoms with Gasteiger partial charge in [0.2, 0.25) is 0 Å². The van der Waals surface area contributed by atoms with E-state index in [0.29, 0.717) is 0 Å². The Balaban J connectivity index is 0.000000324. The van der Waals surface area contributed by atoms with Gasteiger partial charge in [0.25, 0.3) is 0 Å². The predicted molar refractivity (Wildman–Crippen MR) is 54.2 cm³/mol. The first kappa shape index (κ1) is 8.78. The van der Waals surface area contributed by atoms with Crippen molar-refractivity contribution in [1.29, 1.82) is 0 Å². The normalized spacial score (nSPS) is 9.17. The Labute approximate surface area is 74.1 Å². The van der Waals surface area contributed by atoms with Gasteiger partial charge in [-0.3, -0.25) is 5.10 Å². The smallest absolute Gasteiger partial charge is 0.0650 e. The van der Waals surface area contributed by atoms with E-state index in [0.717, 1.165) is 10.9 Å². The lowest BCUT2D eigenvalue weighted by atomic mass is 10.3. The molecule has 0 bridgehead atoms. The molecular weight excluding hydrogens is 148 g/mol. The minimum atomic E-state index is 0. The predicted octanol–water partition coefficient (Wildman–Crippen LogP) is 3.23. The molecule has 2 aromatic rings. The van der Waals surface area contributed by atoms with E-state index in [1.807, 2.05) is 30.5 Å². The van der Waals surface area contributed by atoms with Crippen molar-refractivity contribution in [3.8, 4) is 0 Å². The van der Waals surface area contributed by atoms with Gasteiger partial charge in [-0.25, -0.2) is 0 Å². The van der Waals surface area contributed by atoms with Crippen LogP contribution >= 0.6 is 0 Å². The molecule has 0 amide bonds. The van der Waals surface area contributed by atoms with Gasteiger partial charge in [-0.1, -0.05) is 38.5 Å². The minimum Gasteiger partial charge on any atom is -0.278 e. The van der Waals surface area contributed by atoms with Crippen LogP contribution in [-0.2, 0) is 0 Å². The van der Waals surface area contributed by atoms with Gasteiger partial charge >= 0.3 is 0 Å². The molecule has 0 aliphatic heterocycles. The lowest BCUT2D eigenvalue weighted by Gasteiger charge is -1.81. The maximum Gasteiger partial charge on any atom is 0.0650 e. The number of H-pyrrole nitrogens is 1. The van der Waals surface area contributed by atoms with Crippen molar-refractivity contribution in [2.24, 2.45) is 0 Å². The molecule has 2 rings (SSSR count). The van der Waals surface area contributed by atoms with Crippen molar-refractivity contribution in [2.45, 2.75) is 20.3 Å². The number of para-hydroxylation sites is 1. The van der Waals surface area contributed by atoms with Crippen LogP contribution in [0.15, 0.2) is 30.5 Å². The van der Waals surface area contributed by atoms with E-state index < -0.39 is 0 Å². The molecule has 0 aliphatic carbocycles. The third-order valence-corrected chi connectivity index (χ3v) is 1.35. The van der Waals surface area contributed by atoms with E-state index >= 15 is 0 Å². The Morgan fingerprint density at radius 3 is 2.67 bits per heavy atom. The van der Waals surface area contributed by atoms with Gasteiger partial charge in [0, 0.05) is 6.81 Å². The van der Waals surface area contributed by atoms with Crippen LogP contribution in [0.25, 0.3) is 10.9 Å². The standard InChI is InChI=1S/C7H6N2.C3H8.H2/c1-2-4-7-6(3-1)5-8-9-7;1-3-2;/h1-5H,(H,8,9);3H2,1-2H3;1H. The summed E-state index contributed by atoms with van der Waals surface area (Å²) < 4.78 is 0. The van der Waals surface area contributed by atoms with Crippen molar-refractivity contribution in [3.05, 3.63) is 30.5 Å². The molecule has 0 unspecified atom stereocenters. The highest BCUT2D eigenvalue weighted by molar-refractivity contribution is 5.77. The quantitative estimate of drug-likeness (QED) is 0.636. The first-order valence-electron chi connectivity index (χ1n) is 4.26. The van der Waals surface area contributed by atoms with E-state index in [9.17, 15) is 0 Å². The molecule has 2 nitrogen and oxygen atoms in total. The Bertz CT molecular complexity index is 300. The lowest BCUT2D eigenvalue weighted by molar-refractivity contribution is 1.09. The average molecular weight is 164 g/mol. The summed E-state index contributed by atoms with van der Waals surface area (Å²) in [6.07, 6.45) is 3.06. The fourth-order valence-corrected chi connectivity index (χ4v) is 0.883. The highest BCUT2D eigenvalue weighted by Crippen LogP contribution is 2.06. The molecule has 0 saturated heterocycles. The summed E-state index contributed by atoms with van der Waals surface area (Å²) in [5.74, 6) is 0. The molecule has 66 valence electrons. The molecule has 0 aliphatic rings. The summed E-state index contributed by atoms with van der Waals surface area (Å²) >= 11 is 0. The molecule has 1 heterocycles. The van der Waals surface area contributed by atoms with Crippen LogP contribution in [0.4, 0.5) is 0 Å². The number of nitrogens with one attached hydrogen (secondary N) is 1. The number of rotatable bonds is 0. The zero-order valence-electron chi connectivity index (χ0n) is 7.54. The van der Waals surface area contributed by atoms with Crippen LogP contribution in [0.2, 0.25) is 0 Å². The summed E-state index contributed by atoms with van der Waals surface area (Å²) in [5.41, 5.74) is 1.09. The molecule has 0 radical (unpaired) electrons. The number of hydrogen-bond donors (Lipinski definition) is 1. The third-order valence-electron chi connectivity index (χ3n) is 1.35. The van der Waals surface area contributed by atoms with Crippen LogP contribution in [0.5, 0.6) is 0 Å². The number of aromatic amines is 1. The van der Waals surface area contributed by atoms with Crippen LogP contribution < -0.4 is 0 Å². The van der Waals surface area contributed by atoms with Gasteiger partial charge in [0.05, 0.1) is 11.7 Å². The first-order chi connectivity index (χ1) is 5.88. The highest BCUT2D eigenvalue weighted by Gasteiger charge is 1.88. The molecule has 0 spiro atoms. The lowest BCUT2D eigenvalue weighted by Crippen LogP contribution is -1.63. The SMILES string of the molecule is CCC.[HH].c1ccc2[nH]ncc2c1. The minimum absolute atomic E-state index is 0. The molecule has 1 N–H and O–H groups in total. The van der Waals surface area contributed by atoms with Gasteiger partial charge in [-0.15, -0.1) is 0 Å². The number of nitrogens with zero attached hydrogens (tertiary/aromatic N) is 1. The molecule has 0 atom stereocenters. The Kier molecular flexibility index (Phi) is 3.33. The number of aromatic nitrogens is 2. The zero-order chi connectivity index (χ0) is 8.81. The van der Waals surface area contributed by atoms with Gasteiger partial charge in [0.15, 0.2) is 0 Å². The maximum absolute atomic E-state index is 3.88. The second-order valence-corrected chi connectivity index (χ2v) is 2.66. The molecular formula is C10H16N2. The fraction of sp³-hybridized carbons (Fsp3) is 0.300. The second kappa shape index (κ2) is 4.54. The van der Waals surface area contributed by atoms with Crippen LogP contribution in [0.3, 0.4) is 0 Å². The van der Waals surface area contributed by atoms with Crippen molar-refractivity contribution in [1.82, 2.24) is 10.2 Å². The molecule has 2 heteroatoms. The monoisotopic (exact) mass is 164 g/mol. The van der Waals surface area contributed by atoms with E-state index in [2.05, 4.69) is 24.0 Å². The summed E-state index contributed by atoms with van der Waals surface area (Å²) in [4.78, 5) is 0.